The van der Waals surface area contributed by atoms with Crippen LogP contribution in [-0.2, 0) is 28.9 Å². The average Bonchev–Trinajstić information content (AvgIpc) is 2.99. The van der Waals surface area contributed by atoms with Crippen LogP contribution in [-0.4, -0.2) is 34.5 Å². The second-order valence-electron chi connectivity index (χ2n) is 8.19. The number of hydrogen-bond donors (Lipinski definition) is 0. The van der Waals surface area contributed by atoms with Crippen LogP contribution in [0.4, 0.5) is 0 Å². The normalized spacial score (nSPS) is 20.7. The molecular weight excluding hydrogens is 352 g/mol. The second kappa shape index (κ2) is 5.85. The van der Waals surface area contributed by atoms with Crippen LogP contribution in [0.3, 0.4) is 0 Å². The molecule has 0 spiro atoms. The third-order valence-corrected chi connectivity index (χ3v) is 7.48. The smallest absolute Gasteiger partial charge is 0.252 e. The average molecular weight is 376 g/mol. The Bertz CT molecular complexity index is 921. The predicted molar refractivity (Wildman–Crippen MR) is 96.5 cm³/mol. The van der Waals surface area contributed by atoms with Gasteiger partial charge in [-0.15, -0.1) is 11.3 Å². The molecule has 1 amide bonds. The standard InChI is InChI=1S/C18H24N4O3S/c1-17(2)14(18(17,3)4)15(23)19-16-22(8-9-24-5)13-11(26-16)7-6-10-12(13)21-25-20-10/h14H,6-9H2,1-5H3. The third kappa shape index (κ3) is 2.42. The molecule has 1 fully saturated rings. The van der Waals surface area contributed by atoms with Gasteiger partial charge in [-0.1, -0.05) is 32.9 Å². The number of fused-ring (bicyclic) bond motifs is 3. The molecule has 0 atom stereocenters. The summed E-state index contributed by atoms with van der Waals surface area (Å²) in [5, 5.41) is 8.09. The Labute approximate surface area is 156 Å². The van der Waals surface area contributed by atoms with Gasteiger partial charge in [0.25, 0.3) is 5.91 Å². The SMILES string of the molecule is COCCn1c2c(sc1=NC(=O)C1C(C)(C)C1(C)C)CCc1nonc1-2. The van der Waals surface area contributed by atoms with E-state index < -0.39 is 0 Å². The van der Waals surface area contributed by atoms with Gasteiger partial charge >= 0.3 is 0 Å². The fourth-order valence-corrected chi connectivity index (χ4v) is 5.27. The van der Waals surface area contributed by atoms with Crippen molar-refractivity contribution in [2.45, 2.75) is 47.1 Å². The van der Waals surface area contributed by atoms with Crippen LogP contribution in [0.5, 0.6) is 0 Å². The first-order valence-electron chi connectivity index (χ1n) is 8.91. The molecule has 0 radical (unpaired) electrons. The van der Waals surface area contributed by atoms with E-state index in [2.05, 4.69) is 43.0 Å². The van der Waals surface area contributed by atoms with Crippen molar-refractivity contribution in [1.29, 1.82) is 0 Å². The molecular formula is C18H24N4O3S. The Hall–Kier alpha value is -1.80. The fourth-order valence-electron chi connectivity index (χ4n) is 4.12. The molecule has 0 unspecified atom stereocenters. The molecule has 0 saturated heterocycles. The summed E-state index contributed by atoms with van der Waals surface area (Å²) in [6, 6.07) is 0. The van der Waals surface area contributed by atoms with E-state index in [1.54, 1.807) is 18.4 Å². The Kier molecular flexibility index (Phi) is 3.96. The van der Waals surface area contributed by atoms with Gasteiger partial charge in [0.2, 0.25) is 0 Å². The molecule has 7 nitrogen and oxygen atoms in total. The molecule has 26 heavy (non-hydrogen) atoms. The van der Waals surface area contributed by atoms with Gasteiger partial charge < -0.3 is 9.30 Å². The van der Waals surface area contributed by atoms with E-state index in [4.69, 9.17) is 9.37 Å². The summed E-state index contributed by atoms with van der Waals surface area (Å²) >= 11 is 1.56. The van der Waals surface area contributed by atoms with Crippen LogP contribution in [0.1, 0.15) is 38.3 Å². The van der Waals surface area contributed by atoms with Gasteiger partial charge in [-0.25, -0.2) is 4.63 Å². The Balaban J connectivity index is 1.79. The largest absolute Gasteiger partial charge is 0.383 e. The fraction of sp³-hybridized carbons (Fsp3) is 0.667. The summed E-state index contributed by atoms with van der Waals surface area (Å²) in [6.45, 7) is 9.69. The number of aromatic nitrogens is 3. The van der Waals surface area contributed by atoms with Crippen molar-refractivity contribution >= 4 is 17.2 Å². The van der Waals surface area contributed by atoms with Crippen LogP contribution in [0.25, 0.3) is 11.4 Å². The van der Waals surface area contributed by atoms with Gasteiger partial charge in [-0.3, -0.25) is 4.79 Å². The van der Waals surface area contributed by atoms with Crippen LogP contribution in [0.15, 0.2) is 9.62 Å². The number of methoxy groups -OCH3 is 1. The first-order chi connectivity index (χ1) is 12.3. The summed E-state index contributed by atoms with van der Waals surface area (Å²) in [7, 11) is 1.67. The molecule has 0 N–H and O–H groups in total. The van der Waals surface area contributed by atoms with Crippen molar-refractivity contribution in [2.75, 3.05) is 13.7 Å². The lowest BCUT2D eigenvalue weighted by molar-refractivity contribution is -0.120. The van der Waals surface area contributed by atoms with Gasteiger partial charge in [0.05, 0.1) is 18.2 Å². The number of rotatable bonds is 4. The number of thiazole rings is 1. The highest BCUT2D eigenvalue weighted by Gasteiger charge is 2.68. The van der Waals surface area contributed by atoms with E-state index in [1.807, 2.05) is 4.57 Å². The second-order valence-corrected chi connectivity index (χ2v) is 9.25. The summed E-state index contributed by atoms with van der Waals surface area (Å²) in [5.41, 5.74) is 2.55. The summed E-state index contributed by atoms with van der Waals surface area (Å²) < 4.78 is 12.2. The van der Waals surface area contributed by atoms with Crippen LogP contribution in [0, 0.1) is 16.7 Å². The number of carbonyl (C=O) groups excluding carboxylic acids is 1. The molecule has 140 valence electrons. The van der Waals surface area contributed by atoms with E-state index in [9.17, 15) is 4.79 Å². The topological polar surface area (TPSA) is 82.5 Å². The predicted octanol–water partition coefficient (Wildman–Crippen LogP) is 2.45. The monoisotopic (exact) mass is 376 g/mol. The van der Waals surface area contributed by atoms with E-state index >= 15 is 0 Å². The van der Waals surface area contributed by atoms with Gasteiger partial charge in [0, 0.05) is 25.0 Å². The molecule has 1 saturated carbocycles. The molecule has 2 aromatic rings. The number of amides is 1. The van der Waals surface area contributed by atoms with Gasteiger partial charge in [0.1, 0.15) is 5.69 Å². The molecule has 2 aromatic heterocycles. The minimum absolute atomic E-state index is 0.0228. The van der Waals surface area contributed by atoms with E-state index in [0.717, 1.165) is 29.9 Å². The number of nitrogens with zero attached hydrogens (tertiary/aromatic N) is 4. The van der Waals surface area contributed by atoms with Gasteiger partial charge in [-0.05, 0) is 22.4 Å². The first-order valence-corrected chi connectivity index (χ1v) is 9.72. The van der Waals surface area contributed by atoms with E-state index in [-0.39, 0.29) is 22.7 Å². The Morgan fingerprint density at radius 2 is 2.04 bits per heavy atom. The molecule has 2 heterocycles. The molecule has 0 aliphatic heterocycles. The summed E-state index contributed by atoms with van der Waals surface area (Å²) in [5.74, 6) is -0.0856. The third-order valence-electron chi connectivity index (χ3n) is 6.34. The van der Waals surface area contributed by atoms with Crippen molar-refractivity contribution < 1.29 is 14.2 Å². The van der Waals surface area contributed by atoms with Gasteiger partial charge in [-0.2, -0.15) is 4.99 Å². The maximum Gasteiger partial charge on any atom is 0.252 e. The lowest BCUT2D eigenvalue weighted by Crippen LogP contribution is -2.22. The number of carbonyl (C=O) groups is 1. The number of aryl methyl sites for hydroxylation is 2. The minimum Gasteiger partial charge on any atom is -0.383 e. The molecule has 4 rings (SSSR count). The lowest BCUT2D eigenvalue weighted by atomic mass is 10.0. The highest BCUT2D eigenvalue weighted by atomic mass is 32.1. The summed E-state index contributed by atoms with van der Waals surface area (Å²) in [4.78, 5) is 19.3. The van der Waals surface area contributed by atoms with E-state index in [1.165, 1.54) is 4.88 Å². The van der Waals surface area contributed by atoms with E-state index in [0.29, 0.717) is 18.0 Å². The van der Waals surface area contributed by atoms with Crippen molar-refractivity contribution in [3.63, 3.8) is 0 Å². The van der Waals surface area contributed by atoms with Crippen molar-refractivity contribution in [3.05, 3.63) is 15.4 Å². The highest BCUT2D eigenvalue weighted by molar-refractivity contribution is 7.09. The zero-order chi connectivity index (χ0) is 18.7. The van der Waals surface area contributed by atoms with Crippen LogP contribution >= 0.6 is 11.3 Å². The first kappa shape index (κ1) is 17.6. The Morgan fingerprint density at radius 3 is 2.69 bits per heavy atom. The van der Waals surface area contributed by atoms with Gasteiger partial charge in [0.15, 0.2) is 10.5 Å². The van der Waals surface area contributed by atoms with Crippen molar-refractivity contribution in [2.24, 2.45) is 21.7 Å². The molecule has 0 bridgehead atoms. The van der Waals surface area contributed by atoms with Crippen LogP contribution in [0.2, 0.25) is 0 Å². The zero-order valence-corrected chi connectivity index (χ0v) is 16.6. The van der Waals surface area contributed by atoms with Crippen LogP contribution < -0.4 is 4.80 Å². The molecule has 8 heteroatoms. The Morgan fingerprint density at radius 1 is 1.31 bits per heavy atom. The lowest BCUT2D eigenvalue weighted by Gasteiger charge is -2.12. The molecule has 0 aromatic carbocycles. The molecule has 2 aliphatic rings. The minimum atomic E-state index is -0.0470. The summed E-state index contributed by atoms with van der Waals surface area (Å²) in [6.07, 6.45) is 1.66. The van der Waals surface area contributed by atoms with Crippen molar-refractivity contribution in [3.8, 4) is 11.4 Å². The quantitative estimate of drug-likeness (QED) is 0.818. The number of ether oxygens (including phenoxy) is 1. The maximum atomic E-state index is 12.9. The maximum absolute atomic E-state index is 12.9. The molecule has 2 aliphatic carbocycles. The number of hydrogen-bond acceptors (Lipinski definition) is 6. The highest BCUT2D eigenvalue weighted by Crippen LogP contribution is 2.68. The zero-order valence-electron chi connectivity index (χ0n) is 15.8. The van der Waals surface area contributed by atoms with Crippen molar-refractivity contribution in [1.82, 2.24) is 14.9 Å².